The van der Waals surface area contributed by atoms with Crippen molar-refractivity contribution in [3.63, 3.8) is 0 Å². The Morgan fingerprint density at radius 2 is 1.93 bits per heavy atom. The molecular weight excluding hydrogens is 369 g/mol. The van der Waals surface area contributed by atoms with Gasteiger partial charge < -0.3 is 10.0 Å². The standard InChI is InChI=1S/C21H23F3N2O2/c1-25-12-5-8-17(25)11-13-26(20(27)28)19-10-9-16(21(22,23)24)14-18(19)15-6-3-2-4-7-15/h2-4,6-7,9-10,14,17H,5,8,11-13H2,1H3,(H,27,28). The van der Waals surface area contributed by atoms with Crippen molar-refractivity contribution in [1.29, 1.82) is 0 Å². The Morgan fingerprint density at radius 3 is 2.50 bits per heavy atom. The zero-order valence-corrected chi connectivity index (χ0v) is 15.6. The average Bonchev–Trinajstić information content (AvgIpc) is 3.06. The summed E-state index contributed by atoms with van der Waals surface area (Å²) in [5.74, 6) is 0. The first-order valence-corrected chi connectivity index (χ1v) is 9.24. The molecule has 1 saturated heterocycles. The highest BCUT2D eigenvalue weighted by atomic mass is 19.4. The van der Waals surface area contributed by atoms with Crippen LogP contribution in [0.25, 0.3) is 11.1 Å². The van der Waals surface area contributed by atoms with Gasteiger partial charge in [-0.3, -0.25) is 4.90 Å². The van der Waals surface area contributed by atoms with Gasteiger partial charge in [-0.2, -0.15) is 13.2 Å². The van der Waals surface area contributed by atoms with E-state index in [1.54, 1.807) is 30.3 Å². The summed E-state index contributed by atoms with van der Waals surface area (Å²) in [4.78, 5) is 15.3. The Labute approximate surface area is 162 Å². The predicted octanol–water partition coefficient (Wildman–Crippen LogP) is 5.34. The van der Waals surface area contributed by atoms with E-state index in [1.807, 2.05) is 7.05 Å². The lowest BCUT2D eigenvalue weighted by atomic mass is 9.99. The number of halogens is 3. The van der Waals surface area contributed by atoms with Gasteiger partial charge in [-0.25, -0.2) is 4.79 Å². The van der Waals surface area contributed by atoms with E-state index in [4.69, 9.17) is 0 Å². The Balaban J connectivity index is 1.98. The molecule has 1 atom stereocenters. The number of benzene rings is 2. The summed E-state index contributed by atoms with van der Waals surface area (Å²) >= 11 is 0. The second kappa shape index (κ2) is 8.22. The van der Waals surface area contributed by atoms with Crippen LogP contribution in [0.5, 0.6) is 0 Å². The summed E-state index contributed by atoms with van der Waals surface area (Å²) < 4.78 is 39.7. The molecule has 1 amide bonds. The van der Waals surface area contributed by atoms with Gasteiger partial charge in [0.25, 0.3) is 0 Å². The second-order valence-electron chi connectivity index (χ2n) is 7.10. The van der Waals surface area contributed by atoms with Crippen LogP contribution in [0.3, 0.4) is 0 Å². The zero-order chi connectivity index (χ0) is 20.3. The Bertz CT molecular complexity index is 824. The van der Waals surface area contributed by atoms with Crippen molar-refractivity contribution in [2.75, 3.05) is 25.0 Å². The molecule has 28 heavy (non-hydrogen) atoms. The number of amides is 1. The molecule has 0 saturated carbocycles. The van der Waals surface area contributed by atoms with E-state index in [-0.39, 0.29) is 23.8 Å². The summed E-state index contributed by atoms with van der Waals surface area (Å²) in [7, 11) is 2.01. The highest BCUT2D eigenvalue weighted by Crippen LogP contribution is 2.38. The summed E-state index contributed by atoms with van der Waals surface area (Å²) in [6, 6.07) is 12.1. The Kier molecular flexibility index (Phi) is 5.93. The van der Waals surface area contributed by atoms with Crippen LogP contribution in [0.2, 0.25) is 0 Å². The smallest absolute Gasteiger partial charge is 0.416 e. The topological polar surface area (TPSA) is 43.8 Å². The molecular formula is C21H23F3N2O2. The van der Waals surface area contributed by atoms with Gasteiger partial charge in [0.1, 0.15) is 0 Å². The molecule has 0 bridgehead atoms. The van der Waals surface area contributed by atoms with Gasteiger partial charge in [-0.1, -0.05) is 30.3 Å². The number of nitrogens with zero attached hydrogens (tertiary/aromatic N) is 2. The molecule has 4 nitrogen and oxygen atoms in total. The van der Waals surface area contributed by atoms with E-state index in [1.165, 1.54) is 6.07 Å². The monoisotopic (exact) mass is 392 g/mol. The number of carbonyl (C=O) groups is 1. The third-order valence-corrected chi connectivity index (χ3v) is 5.29. The van der Waals surface area contributed by atoms with E-state index >= 15 is 0 Å². The lowest BCUT2D eigenvalue weighted by molar-refractivity contribution is -0.137. The van der Waals surface area contributed by atoms with Gasteiger partial charge in [-0.05, 0) is 56.6 Å². The Hall–Kier alpha value is -2.54. The minimum absolute atomic E-state index is 0.232. The largest absolute Gasteiger partial charge is 0.465 e. The summed E-state index contributed by atoms with van der Waals surface area (Å²) in [5.41, 5.74) is 0.286. The van der Waals surface area contributed by atoms with Crippen LogP contribution in [-0.2, 0) is 6.18 Å². The lowest BCUT2D eigenvalue weighted by Gasteiger charge is -2.26. The third kappa shape index (κ3) is 4.47. The molecule has 2 aromatic carbocycles. The molecule has 1 aliphatic rings. The maximum atomic E-state index is 13.2. The summed E-state index contributed by atoms with van der Waals surface area (Å²) in [6.45, 7) is 1.21. The molecule has 1 N–H and O–H groups in total. The molecule has 1 aliphatic heterocycles. The predicted molar refractivity (Wildman–Crippen MR) is 103 cm³/mol. The van der Waals surface area contributed by atoms with Gasteiger partial charge in [0.2, 0.25) is 0 Å². The van der Waals surface area contributed by atoms with E-state index in [9.17, 15) is 23.1 Å². The van der Waals surface area contributed by atoms with Crippen molar-refractivity contribution in [2.45, 2.75) is 31.5 Å². The minimum Gasteiger partial charge on any atom is -0.465 e. The molecule has 0 radical (unpaired) electrons. The van der Waals surface area contributed by atoms with Gasteiger partial charge in [-0.15, -0.1) is 0 Å². The molecule has 0 spiro atoms. The van der Waals surface area contributed by atoms with Gasteiger partial charge in [0.05, 0.1) is 11.3 Å². The molecule has 0 aromatic heterocycles. The van der Waals surface area contributed by atoms with Crippen molar-refractivity contribution in [2.24, 2.45) is 0 Å². The summed E-state index contributed by atoms with van der Waals surface area (Å²) in [5, 5.41) is 9.76. The van der Waals surface area contributed by atoms with Crippen molar-refractivity contribution in [3.05, 3.63) is 54.1 Å². The van der Waals surface area contributed by atoms with Gasteiger partial charge >= 0.3 is 12.3 Å². The number of anilines is 1. The molecule has 1 heterocycles. The molecule has 150 valence electrons. The lowest BCUT2D eigenvalue weighted by Crippen LogP contribution is -2.35. The van der Waals surface area contributed by atoms with Crippen molar-refractivity contribution in [1.82, 2.24) is 4.90 Å². The molecule has 2 aromatic rings. The van der Waals surface area contributed by atoms with E-state index in [2.05, 4.69) is 4.90 Å². The average molecular weight is 392 g/mol. The van der Waals surface area contributed by atoms with Gasteiger partial charge in [0.15, 0.2) is 0 Å². The quantitative estimate of drug-likeness (QED) is 0.747. The molecule has 7 heteroatoms. The van der Waals surface area contributed by atoms with Crippen LogP contribution < -0.4 is 4.90 Å². The van der Waals surface area contributed by atoms with Crippen LogP contribution in [0.15, 0.2) is 48.5 Å². The fraction of sp³-hybridized carbons (Fsp3) is 0.381. The highest BCUT2D eigenvalue weighted by Gasteiger charge is 2.32. The highest BCUT2D eigenvalue weighted by molar-refractivity contribution is 5.93. The molecule has 1 unspecified atom stereocenters. The van der Waals surface area contributed by atoms with Crippen LogP contribution >= 0.6 is 0 Å². The first-order chi connectivity index (χ1) is 13.3. The van der Waals surface area contributed by atoms with E-state index in [0.717, 1.165) is 36.4 Å². The second-order valence-corrected chi connectivity index (χ2v) is 7.10. The van der Waals surface area contributed by atoms with Crippen LogP contribution in [-0.4, -0.2) is 42.3 Å². The summed E-state index contributed by atoms with van der Waals surface area (Å²) in [6.07, 6.45) is -2.95. The van der Waals surface area contributed by atoms with Crippen molar-refractivity contribution in [3.8, 4) is 11.1 Å². The van der Waals surface area contributed by atoms with Crippen molar-refractivity contribution >= 4 is 11.8 Å². The molecule has 3 rings (SSSR count). The molecule has 1 fully saturated rings. The van der Waals surface area contributed by atoms with Crippen molar-refractivity contribution < 1.29 is 23.1 Å². The number of carboxylic acid groups (broad SMARTS) is 1. The number of hydrogen-bond acceptors (Lipinski definition) is 2. The van der Waals surface area contributed by atoms with E-state index < -0.39 is 17.8 Å². The number of alkyl halides is 3. The zero-order valence-electron chi connectivity index (χ0n) is 15.6. The number of rotatable bonds is 5. The fourth-order valence-corrected chi connectivity index (χ4v) is 3.74. The van der Waals surface area contributed by atoms with Crippen LogP contribution in [0.4, 0.5) is 23.7 Å². The normalized spacial score (nSPS) is 17.6. The maximum absolute atomic E-state index is 13.2. The maximum Gasteiger partial charge on any atom is 0.416 e. The first kappa shape index (κ1) is 20.2. The molecule has 0 aliphatic carbocycles. The SMILES string of the molecule is CN1CCCC1CCN(C(=O)O)c1ccc(C(F)(F)F)cc1-c1ccccc1. The first-order valence-electron chi connectivity index (χ1n) is 9.24. The number of hydrogen-bond donors (Lipinski definition) is 1. The van der Waals surface area contributed by atoms with Crippen LogP contribution in [0.1, 0.15) is 24.8 Å². The van der Waals surface area contributed by atoms with Crippen LogP contribution in [0, 0.1) is 0 Å². The van der Waals surface area contributed by atoms with Gasteiger partial charge in [0, 0.05) is 18.2 Å². The Morgan fingerprint density at radius 1 is 1.21 bits per heavy atom. The number of likely N-dealkylation sites (tertiary alicyclic amines) is 1. The minimum atomic E-state index is -4.50. The fourth-order valence-electron chi connectivity index (χ4n) is 3.74. The third-order valence-electron chi connectivity index (χ3n) is 5.29. The van der Waals surface area contributed by atoms with E-state index in [0.29, 0.717) is 12.0 Å².